The minimum absolute atomic E-state index is 0.226. The standard InChI is InChI=1S/C21H41N/c1-11-13-21(9,10)18(19(15(2)3)17(6)22)12-14-20(7,8)16(4)5/h16,18-19,22H,2,11-14H2,1,3-10H3. The molecule has 0 saturated carbocycles. The van der Waals surface area contributed by atoms with Gasteiger partial charge in [-0.3, -0.25) is 0 Å². The van der Waals surface area contributed by atoms with Gasteiger partial charge in [-0.15, -0.1) is 0 Å². The molecule has 1 nitrogen and oxygen atoms in total. The molecule has 0 amide bonds. The largest absolute Gasteiger partial charge is 0.309 e. The first kappa shape index (κ1) is 21.4. The normalized spacial score (nSPS) is 15.7. The summed E-state index contributed by atoms with van der Waals surface area (Å²) < 4.78 is 0. The van der Waals surface area contributed by atoms with Crippen LogP contribution in [0.4, 0.5) is 0 Å². The van der Waals surface area contributed by atoms with E-state index in [1.54, 1.807) is 0 Å². The van der Waals surface area contributed by atoms with Crippen molar-refractivity contribution in [1.29, 1.82) is 5.41 Å². The molecule has 0 saturated heterocycles. The van der Waals surface area contributed by atoms with Gasteiger partial charge in [0.25, 0.3) is 0 Å². The van der Waals surface area contributed by atoms with Crippen LogP contribution in [0.25, 0.3) is 0 Å². The van der Waals surface area contributed by atoms with Crippen LogP contribution in [0.1, 0.15) is 88.0 Å². The molecule has 0 aromatic carbocycles. The summed E-state index contributed by atoms with van der Waals surface area (Å²) in [5, 5.41) is 8.28. The molecule has 0 aromatic heterocycles. The molecular formula is C21H41N. The van der Waals surface area contributed by atoms with Crippen LogP contribution >= 0.6 is 0 Å². The maximum absolute atomic E-state index is 8.28. The summed E-state index contributed by atoms with van der Waals surface area (Å²) >= 11 is 0. The lowest BCUT2D eigenvalue weighted by molar-refractivity contribution is 0.121. The quantitative estimate of drug-likeness (QED) is 0.328. The smallest absolute Gasteiger partial charge is 0.0200 e. The highest BCUT2D eigenvalue weighted by molar-refractivity contribution is 5.84. The average molecular weight is 308 g/mol. The lowest BCUT2D eigenvalue weighted by Gasteiger charge is -2.42. The van der Waals surface area contributed by atoms with E-state index in [2.05, 4.69) is 62.0 Å². The summed E-state index contributed by atoms with van der Waals surface area (Å²) in [5.41, 5.74) is 2.55. The van der Waals surface area contributed by atoms with Crippen molar-refractivity contribution in [2.24, 2.45) is 28.6 Å². The van der Waals surface area contributed by atoms with Gasteiger partial charge in [-0.05, 0) is 55.8 Å². The third kappa shape index (κ3) is 5.89. The van der Waals surface area contributed by atoms with E-state index < -0.39 is 0 Å². The van der Waals surface area contributed by atoms with E-state index >= 15 is 0 Å². The lowest BCUT2D eigenvalue weighted by atomic mass is 9.63. The van der Waals surface area contributed by atoms with Crippen molar-refractivity contribution in [3.8, 4) is 0 Å². The maximum atomic E-state index is 8.28. The van der Waals surface area contributed by atoms with Crippen LogP contribution in [-0.2, 0) is 0 Å². The summed E-state index contributed by atoms with van der Waals surface area (Å²) in [6.07, 6.45) is 4.83. The highest BCUT2D eigenvalue weighted by Crippen LogP contribution is 2.45. The first-order valence-electron chi connectivity index (χ1n) is 9.07. The average Bonchev–Trinajstić information content (AvgIpc) is 2.32. The van der Waals surface area contributed by atoms with E-state index in [0.717, 1.165) is 11.3 Å². The molecule has 2 unspecified atom stereocenters. The summed E-state index contributed by atoms with van der Waals surface area (Å²) in [4.78, 5) is 0. The van der Waals surface area contributed by atoms with Gasteiger partial charge in [-0.2, -0.15) is 0 Å². The molecule has 0 aromatic rings. The summed E-state index contributed by atoms with van der Waals surface area (Å²) in [6.45, 7) is 24.7. The van der Waals surface area contributed by atoms with Gasteiger partial charge in [0.2, 0.25) is 0 Å². The van der Waals surface area contributed by atoms with Crippen molar-refractivity contribution in [3.05, 3.63) is 12.2 Å². The Hall–Kier alpha value is -0.590. The van der Waals surface area contributed by atoms with Gasteiger partial charge >= 0.3 is 0 Å². The van der Waals surface area contributed by atoms with E-state index in [0.29, 0.717) is 17.3 Å². The van der Waals surface area contributed by atoms with E-state index in [9.17, 15) is 0 Å². The summed E-state index contributed by atoms with van der Waals surface area (Å²) in [7, 11) is 0. The SMILES string of the molecule is C=C(C)C(C(C)=N)C(CCC(C)(C)C(C)C)C(C)(C)CCC. The fourth-order valence-corrected chi connectivity index (χ4v) is 3.67. The van der Waals surface area contributed by atoms with Gasteiger partial charge in [0.05, 0.1) is 0 Å². The molecule has 1 heteroatoms. The zero-order valence-electron chi connectivity index (χ0n) is 16.8. The second-order valence-corrected chi connectivity index (χ2v) is 9.03. The van der Waals surface area contributed by atoms with Crippen molar-refractivity contribution < 1.29 is 0 Å². The Morgan fingerprint density at radius 2 is 1.50 bits per heavy atom. The number of hydrogen-bond acceptors (Lipinski definition) is 1. The molecule has 0 aliphatic rings. The van der Waals surface area contributed by atoms with Gasteiger partial charge in [-0.1, -0.05) is 67.0 Å². The molecule has 0 aliphatic carbocycles. The Morgan fingerprint density at radius 3 is 1.82 bits per heavy atom. The van der Waals surface area contributed by atoms with Gasteiger partial charge in [0, 0.05) is 11.6 Å². The third-order valence-electron chi connectivity index (χ3n) is 5.96. The van der Waals surface area contributed by atoms with Crippen LogP contribution < -0.4 is 0 Å². The molecule has 130 valence electrons. The molecule has 2 atom stereocenters. The predicted molar refractivity (Wildman–Crippen MR) is 102 cm³/mol. The summed E-state index contributed by atoms with van der Waals surface area (Å²) in [6, 6.07) is 0. The van der Waals surface area contributed by atoms with Gasteiger partial charge in [0.1, 0.15) is 0 Å². The van der Waals surface area contributed by atoms with Gasteiger partial charge < -0.3 is 5.41 Å². The second kappa shape index (κ2) is 8.31. The predicted octanol–water partition coefficient (Wildman–Crippen LogP) is 7.12. The Kier molecular flexibility index (Phi) is 8.09. The van der Waals surface area contributed by atoms with Crippen molar-refractivity contribution in [3.63, 3.8) is 0 Å². The third-order valence-corrected chi connectivity index (χ3v) is 5.96. The van der Waals surface area contributed by atoms with E-state index in [1.165, 1.54) is 25.7 Å². The zero-order chi connectivity index (χ0) is 17.7. The molecule has 22 heavy (non-hydrogen) atoms. The minimum Gasteiger partial charge on any atom is -0.309 e. The Balaban J connectivity index is 5.43. The van der Waals surface area contributed by atoms with Crippen LogP contribution in [0.15, 0.2) is 12.2 Å². The van der Waals surface area contributed by atoms with E-state index in [-0.39, 0.29) is 11.3 Å². The molecule has 1 N–H and O–H groups in total. The van der Waals surface area contributed by atoms with Crippen molar-refractivity contribution in [2.75, 3.05) is 0 Å². The van der Waals surface area contributed by atoms with E-state index in [1.807, 2.05) is 6.92 Å². The van der Waals surface area contributed by atoms with Crippen LogP contribution in [0.3, 0.4) is 0 Å². The molecule has 0 fully saturated rings. The van der Waals surface area contributed by atoms with Gasteiger partial charge in [-0.25, -0.2) is 0 Å². The van der Waals surface area contributed by atoms with Crippen molar-refractivity contribution >= 4 is 5.71 Å². The molecule has 0 heterocycles. The first-order chi connectivity index (χ1) is 9.86. The number of rotatable bonds is 10. The number of hydrogen-bond donors (Lipinski definition) is 1. The molecule has 0 bridgehead atoms. The van der Waals surface area contributed by atoms with E-state index in [4.69, 9.17) is 5.41 Å². The fraction of sp³-hybridized carbons (Fsp3) is 0.857. The molecule has 0 rings (SSSR count). The number of allylic oxidation sites excluding steroid dienone is 1. The maximum Gasteiger partial charge on any atom is 0.0200 e. The molecule has 0 aliphatic heterocycles. The molecule has 0 radical (unpaired) electrons. The Bertz CT molecular complexity index is 359. The Labute approximate surface area is 140 Å². The second-order valence-electron chi connectivity index (χ2n) is 9.03. The minimum atomic E-state index is 0.226. The first-order valence-corrected chi connectivity index (χ1v) is 9.07. The highest BCUT2D eigenvalue weighted by atomic mass is 14.5. The number of nitrogens with one attached hydrogen (secondary N) is 1. The van der Waals surface area contributed by atoms with Gasteiger partial charge in [0.15, 0.2) is 0 Å². The van der Waals surface area contributed by atoms with Crippen LogP contribution in [0, 0.1) is 34.0 Å². The van der Waals surface area contributed by atoms with Crippen molar-refractivity contribution in [2.45, 2.75) is 88.0 Å². The zero-order valence-corrected chi connectivity index (χ0v) is 16.8. The van der Waals surface area contributed by atoms with Crippen molar-refractivity contribution in [1.82, 2.24) is 0 Å². The fourth-order valence-electron chi connectivity index (χ4n) is 3.67. The molecular weight excluding hydrogens is 266 g/mol. The van der Waals surface area contributed by atoms with Crippen LogP contribution in [0.2, 0.25) is 0 Å². The molecule has 0 spiro atoms. The topological polar surface area (TPSA) is 23.9 Å². The Morgan fingerprint density at radius 1 is 1.00 bits per heavy atom. The monoisotopic (exact) mass is 307 g/mol. The lowest BCUT2D eigenvalue weighted by Crippen LogP contribution is -2.36. The highest BCUT2D eigenvalue weighted by Gasteiger charge is 2.37. The summed E-state index contributed by atoms with van der Waals surface area (Å²) in [5.74, 6) is 1.43. The van der Waals surface area contributed by atoms with Crippen LogP contribution in [-0.4, -0.2) is 5.71 Å². The van der Waals surface area contributed by atoms with Crippen LogP contribution in [0.5, 0.6) is 0 Å².